The Hall–Kier alpha value is -3.24. The van der Waals surface area contributed by atoms with Crippen molar-refractivity contribution in [3.63, 3.8) is 0 Å². The van der Waals surface area contributed by atoms with Gasteiger partial charge < -0.3 is 8.83 Å². The zero-order valence-corrected chi connectivity index (χ0v) is 17.2. The van der Waals surface area contributed by atoms with Gasteiger partial charge in [-0.3, -0.25) is 9.78 Å². The van der Waals surface area contributed by atoms with Crippen LogP contribution < -0.4 is 0 Å². The average Bonchev–Trinajstić information content (AvgIpc) is 3.57. The van der Waals surface area contributed by atoms with Gasteiger partial charge in [0, 0.05) is 23.7 Å². The number of amides is 1. The molecular weight excluding hydrogens is 422 g/mol. The number of carbonyl (C=O) groups is 1. The van der Waals surface area contributed by atoms with Gasteiger partial charge in [-0.25, -0.2) is 5.01 Å². The molecule has 4 aromatic heterocycles. The van der Waals surface area contributed by atoms with Crippen molar-refractivity contribution < 1.29 is 13.6 Å². The molecule has 30 heavy (non-hydrogen) atoms. The monoisotopic (exact) mass is 437 g/mol. The normalized spacial score (nSPS) is 16.1. The molecule has 8 nitrogen and oxygen atoms in total. The molecule has 0 N–H and O–H groups in total. The first-order valence-electron chi connectivity index (χ1n) is 9.11. The Morgan fingerprint density at radius 2 is 2.20 bits per heavy atom. The summed E-state index contributed by atoms with van der Waals surface area (Å²) in [5.74, 6) is 1.04. The molecule has 10 heteroatoms. The smallest absolute Gasteiger partial charge is 0.277 e. The van der Waals surface area contributed by atoms with Crippen molar-refractivity contribution in [3.05, 3.63) is 71.1 Å². The van der Waals surface area contributed by atoms with E-state index in [0.29, 0.717) is 23.3 Å². The van der Waals surface area contributed by atoms with Gasteiger partial charge >= 0.3 is 0 Å². The maximum Gasteiger partial charge on any atom is 0.277 e. The Kier molecular flexibility index (Phi) is 5.16. The molecule has 5 rings (SSSR count). The number of carbonyl (C=O) groups excluding carboxylic acids is 1. The molecule has 150 valence electrons. The number of thioether (sulfide) groups is 1. The third-order valence-electron chi connectivity index (χ3n) is 4.48. The second kappa shape index (κ2) is 8.25. The van der Waals surface area contributed by atoms with Gasteiger partial charge in [0.2, 0.25) is 5.89 Å². The highest BCUT2D eigenvalue weighted by Crippen LogP contribution is 2.36. The first-order chi connectivity index (χ1) is 14.8. The fourth-order valence-electron chi connectivity index (χ4n) is 3.10. The topological polar surface area (TPSA) is 97.6 Å². The van der Waals surface area contributed by atoms with Gasteiger partial charge in [0.25, 0.3) is 11.1 Å². The fourth-order valence-corrected chi connectivity index (χ4v) is 4.53. The molecule has 4 aromatic rings. The Bertz CT molecular complexity index is 1160. The number of thiophene rings is 1. The summed E-state index contributed by atoms with van der Waals surface area (Å²) in [6.07, 6.45) is 5.53. The van der Waals surface area contributed by atoms with Crippen LogP contribution in [0.5, 0.6) is 0 Å². The van der Waals surface area contributed by atoms with Gasteiger partial charge in [0.15, 0.2) is 0 Å². The molecule has 1 atom stereocenters. The predicted octanol–water partition coefficient (Wildman–Crippen LogP) is 4.26. The molecule has 0 aliphatic carbocycles. The lowest BCUT2D eigenvalue weighted by Gasteiger charge is -2.20. The van der Waals surface area contributed by atoms with Gasteiger partial charge in [-0.2, -0.15) is 5.10 Å². The van der Waals surface area contributed by atoms with Crippen molar-refractivity contribution in [1.82, 2.24) is 20.2 Å². The number of hydrogen-bond donors (Lipinski definition) is 0. The minimum Gasteiger partial charge on any atom is -0.463 e. The van der Waals surface area contributed by atoms with Crippen molar-refractivity contribution in [2.24, 2.45) is 5.10 Å². The minimum atomic E-state index is -0.146. The molecule has 0 aromatic carbocycles. The van der Waals surface area contributed by atoms with E-state index < -0.39 is 0 Å². The Morgan fingerprint density at radius 1 is 1.23 bits per heavy atom. The van der Waals surface area contributed by atoms with E-state index in [1.165, 1.54) is 16.8 Å². The summed E-state index contributed by atoms with van der Waals surface area (Å²) >= 11 is 2.79. The van der Waals surface area contributed by atoms with Crippen LogP contribution in [-0.2, 0) is 4.79 Å². The van der Waals surface area contributed by atoms with Crippen LogP contribution in [0.15, 0.2) is 79.6 Å². The number of pyridine rings is 1. The van der Waals surface area contributed by atoms with E-state index >= 15 is 0 Å². The summed E-state index contributed by atoms with van der Waals surface area (Å²) in [5.41, 5.74) is 1.49. The van der Waals surface area contributed by atoms with Crippen LogP contribution in [0.4, 0.5) is 0 Å². The SMILES string of the molecule is O=C(CSc1nnc(-c2cccnc2)o1)N1N=C(c2ccco2)C[C@@H]1c1cccs1. The number of aromatic nitrogens is 3. The molecule has 0 spiro atoms. The minimum absolute atomic E-state index is 0.130. The van der Waals surface area contributed by atoms with E-state index in [9.17, 15) is 4.79 Å². The lowest BCUT2D eigenvalue weighted by Crippen LogP contribution is -2.28. The van der Waals surface area contributed by atoms with Crippen molar-refractivity contribution >= 4 is 34.7 Å². The molecule has 0 unspecified atom stereocenters. The van der Waals surface area contributed by atoms with Crippen LogP contribution in [0.2, 0.25) is 0 Å². The molecule has 1 amide bonds. The molecule has 0 fully saturated rings. The molecule has 0 radical (unpaired) electrons. The third kappa shape index (κ3) is 3.79. The lowest BCUT2D eigenvalue weighted by atomic mass is 10.1. The van der Waals surface area contributed by atoms with E-state index in [1.54, 1.807) is 36.1 Å². The fraction of sp³-hybridized carbons (Fsp3) is 0.150. The van der Waals surface area contributed by atoms with E-state index in [1.807, 2.05) is 35.7 Å². The third-order valence-corrected chi connectivity index (χ3v) is 6.25. The quantitative estimate of drug-likeness (QED) is 0.416. The van der Waals surface area contributed by atoms with E-state index in [2.05, 4.69) is 20.3 Å². The van der Waals surface area contributed by atoms with E-state index in [0.717, 1.165) is 16.2 Å². The second-order valence-electron chi connectivity index (χ2n) is 6.40. The Balaban J connectivity index is 1.31. The molecule has 0 saturated carbocycles. The summed E-state index contributed by atoms with van der Waals surface area (Å²) in [7, 11) is 0. The van der Waals surface area contributed by atoms with Gasteiger partial charge in [0.05, 0.1) is 23.6 Å². The van der Waals surface area contributed by atoms with Gasteiger partial charge in [0.1, 0.15) is 11.5 Å². The van der Waals surface area contributed by atoms with Crippen LogP contribution in [-0.4, -0.2) is 37.6 Å². The number of rotatable bonds is 6. The highest BCUT2D eigenvalue weighted by molar-refractivity contribution is 7.99. The van der Waals surface area contributed by atoms with Crippen LogP contribution in [0, 0.1) is 0 Å². The summed E-state index contributed by atoms with van der Waals surface area (Å²) in [6, 6.07) is 11.1. The first-order valence-corrected chi connectivity index (χ1v) is 11.0. The Morgan fingerprint density at radius 3 is 2.97 bits per heavy atom. The zero-order chi connectivity index (χ0) is 20.3. The van der Waals surface area contributed by atoms with Crippen molar-refractivity contribution in [1.29, 1.82) is 0 Å². The average molecular weight is 438 g/mol. The second-order valence-corrected chi connectivity index (χ2v) is 8.31. The van der Waals surface area contributed by atoms with Gasteiger partial charge in [-0.1, -0.05) is 17.8 Å². The summed E-state index contributed by atoms with van der Waals surface area (Å²) in [4.78, 5) is 18.1. The number of nitrogens with zero attached hydrogens (tertiary/aromatic N) is 5. The summed E-state index contributed by atoms with van der Waals surface area (Å²) in [5, 5.41) is 16.5. The maximum atomic E-state index is 13.0. The summed E-state index contributed by atoms with van der Waals surface area (Å²) in [6.45, 7) is 0. The zero-order valence-electron chi connectivity index (χ0n) is 15.5. The molecule has 0 bridgehead atoms. The predicted molar refractivity (Wildman–Crippen MR) is 112 cm³/mol. The van der Waals surface area contributed by atoms with Gasteiger partial charge in [-0.15, -0.1) is 21.5 Å². The summed E-state index contributed by atoms with van der Waals surface area (Å²) < 4.78 is 11.1. The van der Waals surface area contributed by atoms with Gasteiger partial charge in [-0.05, 0) is 35.7 Å². The van der Waals surface area contributed by atoms with E-state index in [-0.39, 0.29) is 17.7 Å². The standard InChI is InChI=1S/C20H15N5O3S2/c26-18(12-30-20-23-22-19(28-20)13-4-1-7-21-11-13)25-15(17-6-3-9-29-17)10-14(24-25)16-5-2-8-27-16/h1-9,11,15H,10,12H2/t15-/m1/s1. The highest BCUT2D eigenvalue weighted by atomic mass is 32.2. The maximum absolute atomic E-state index is 13.0. The van der Waals surface area contributed by atoms with Crippen LogP contribution in [0.1, 0.15) is 23.1 Å². The van der Waals surface area contributed by atoms with E-state index in [4.69, 9.17) is 8.83 Å². The molecular formula is C20H15N5O3S2. The van der Waals surface area contributed by atoms with Crippen molar-refractivity contribution in [2.45, 2.75) is 17.7 Å². The molecule has 5 heterocycles. The van der Waals surface area contributed by atoms with Crippen LogP contribution in [0.25, 0.3) is 11.5 Å². The molecule has 1 aliphatic rings. The van der Waals surface area contributed by atoms with Crippen LogP contribution in [0.3, 0.4) is 0 Å². The molecule has 1 aliphatic heterocycles. The van der Waals surface area contributed by atoms with Crippen LogP contribution >= 0.6 is 23.1 Å². The van der Waals surface area contributed by atoms with Crippen molar-refractivity contribution in [3.8, 4) is 11.5 Å². The lowest BCUT2D eigenvalue weighted by molar-refractivity contribution is -0.130. The van der Waals surface area contributed by atoms with Crippen molar-refractivity contribution in [2.75, 3.05) is 5.75 Å². The Labute approximate surface area is 179 Å². The highest BCUT2D eigenvalue weighted by Gasteiger charge is 2.34. The first kappa shape index (κ1) is 18.8. The molecule has 0 saturated heterocycles. The number of hydrazone groups is 1. The number of furan rings is 1. The number of hydrogen-bond acceptors (Lipinski definition) is 9. The largest absolute Gasteiger partial charge is 0.463 e.